The highest BCUT2D eigenvalue weighted by Crippen LogP contribution is 2.38. The fourth-order valence-corrected chi connectivity index (χ4v) is 3.67. The summed E-state index contributed by atoms with van der Waals surface area (Å²) in [6.45, 7) is 0. The number of hydrogen-bond donors (Lipinski definition) is 1. The summed E-state index contributed by atoms with van der Waals surface area (Å²) in [6, 6.07) is 11.7. The van der Waals surface area contributed by atoms with Crippen molar-refractivity contribution in [3.63, 3.8) is 0 Å². The minimum Gasteiger partial charge on any atom is -0.508 e. The van der Waals surface area contributed by atoms with E-state index in [0.717, 1.165) is 33.1 Å². The molecule has 0 amide bonds. The number of phenolic OH excluding ortho intramolecular Hbond substituents is 1. The van der Waals surface area contributed by atoms with Gasteiger partial charge in [0.1, 0.15) is 17.6 Å². The molecule has 1 heterocycles. The minimum atomic E-state index is 0.0778. The Morgan fingerprint density at radius 3 is 2.90 bits per heavy atom. The van der Waals surface area contributed by atoms with Gasteiger partial charge in [-0.1, -0.05) is 44.6 Å². The first-order chi connectivity index (χ1) is 9.67. The summed E-state index contributed by atoms with van der Waals surface area (Å²) in [5.74, 6) is 1.29. The van der Waals surface area contributed by atoms with Crippen LogP contribution in [0.4, 0.5) is 0 Å². The first-order valence-electron chi connectivity index (χ1n) is 6.50. The van der Waals surface area contributed by atoms with Crippen LogP contribution in [0.3, 0.4) is 0 Å². The lowest BCUT2D eigenvalue weighted by atomic mass is 9.95. The van der Waals surface area contributed by atoms with Gasteiger partial charge in [-0.3, -0.25) is 0 Å². The summed E-state index contributed by atoms with van der Waals surface area (Å²) in [4.78, 5) is 0. The molecule has 4 heteroatoms. The van der Waals surface area contributed by atoms with E-state index >= 15 is 0 Å². The standard InChI is InChI=1S/C16H14BrIO2/c17-12-2-6-15-10(7-12)1-5-16(20-15)14-4-3-13(19)8-11(14)9-18/h2-4,6-8,16,19H,1,5,9H2. The third-order valence-corrected chi connectivity index (χ3v) is 4.90. The van der Waals surface area contributed by atoms with Gasteiger partial charge in [0.2, 0.25) is 0 Å². The maximum absolute atomic E-state index is 9.61. The second-order valence-electron chi connectivity index (χ2n) is 4.91. The number of rotatable bonds is 2. The van der Waals surface area contributed by atoms with Crippen LogP contribution in [0.2, 0.25) is 0 Å². The zero-order chi connectivity index (χ0) is 14.1. The number of benzene rings is 2. The van der Waals surface area contributed by atoms with Crippen LogP contribution in [0.1, 0.15) is 29.2 Å². The Labute approximate surface area is 140 Å². The first-order valence-corrected chi connectivity index (χ1v) is 8.82. The summed E-state index contributed by atoms with van der Waals surface area (Å²) >= 11 is 5.82. The van der Waals surface area contributed by atoms with Crippen LogP contribution < -0.4 is 4.74 Å². The van der Waals surface area contributed by atoms with Crippen molar-refractivity contribution in [3.8, 4) is 11.5 Å². The molecule has 0 fully saturated rings. The van der Waals surface area contributed by atoms with Crippen molar-refractivity contribution in [2.45, 2.75) is 23.4 Å². The number of phenols is 1. The molecule has 0 aliphatic carbocycles. The summed E-state index contributed by atoms with van der Waals surface area (Å²) in [5.41, 5.74) is 3.59. The van der Waals surface area contributed by atoms with Gasteiger partial charge in [0.15, 0.2) is 0 Å². The molecule has 1 aliphatic rings. The molecule has 2 aromatic carbocycles. The van der Waals surface area contributed by atoms with Gasteiger partial charge in [0.25, 0.3) is 0 Å². The summed E-state index contributed by atoms with van der Waals surface area (Å²) in [5, 5.41) is 9.61. The van der Waals surface area contributed by atoms with Crippen LogP contribution in [-0.2, 0) is 10.8 Å². The zero-order valence-corrected chi connectivity index (χ0v) is 14.5. The van der Waals surface area contributed by atoms with Crippen LogP contribution in [0.15, 0.2) is 40.9 Å². The molecular weight excluding hydrogens is 431 g/mol. The zero-order valence-electron chi connectivity index (χ0n) is 10.8. The third-order valence-electron chi connectivity index (χ3n) is 3.59. The first kappa shape index (κ1) is 14.2. The lowest BCUT2D eigenvalue weighted by Crippen LogP contribution is -2.16. The van der Waals surface area contributed by atoms with E-state index in [2.05, 4.69) is 44.6 Å². The topological polar surface area (TPSA) is 29.5 Å². The average Bonchev–Trinajstić information content (AvgIpc) is 2.46. The van der Waals surface area contributed by atoms with Gasteiger partial charge in [0.05, 0.1) is 0 Å². The Balaban J connectivity index is 1.92. The molecule has 20 heavy (non-hydrogen) atoms. The molecule has 0 saturated heterocycles. The Morgan fingerprint density at radius 1 is 1.25 bits per heavy atom. The number of hydrogen-bond acceptors (Lipinski definition) is 2. The van der Waals surface area contributed by atoms with Crippen LogP contribution in [0.5, 0.6) is 11.5 Å². The number of alkyl halides is 1. The average molecular weight is 445 g/mol. The van der Waals surface area contributed by atoms with Gasteiger partial charge in [-0.2, -0.15) is 0 Å². The lowest BCUT2D eigenvalue weighted by Gasteiger charge is -2.28. The number of aryl methyl sites for hydroxylation is 1. The predicted molar refractivity (Wildman–Crippen MR) is 91.7 cm³/mol. The van der Waals surface area contributed by atoms with Crippen molar-refractivity contribution in [1.29, 1.82) is 0 Å². The minimum absolute atomic E-state index is 0.0778. The molecule has 104 valence electrons. The van der Waals surface area contributed by atoms with E-state index < -0.39 is 0 Å². The van der Waals surface area contributed by atoms with E-state index in [1.165, 1.54) is 11.1 Å². The number of halogens is 2. The highest BCUT2D eigenvalue weighted by Gasteiger charge is 2.23. The Bertz CT molecular complexity index is 642. The predicted octanol–water partition coefficient (Wildman–Crippen LogP) is 5.16. The fourth-order valence-electron chi connectivity index (χ4n) is 2.60. The van der Waals surface area contributed by atoms with Gasteiger partial charge in [-0.05, 0) is 59.9 Å². The Kier molecular flexibility index (Phi) is 4.21. The second-order valence-corrected chi connectivity index (χ2v) is 6.59. The molecule has 1 unspecified atom stereocenters. The number of ether oxygens (including phenoxy) is 1. The van der Waals surface area contributed by atoms with Gasteiger partial charge < -0.3 is 9.84 Å². The van der Waals surface area contributed by atoms with E-state index in [1.54, 1.807) is 6.07 Å². The van der Waals surface area contributed by atoms with Crippen LogP contribution in [0, 0.1) is 0 Å². The van der Waals surface area contributed by atoms with E-state index in [-0.39, 0.29) is 6.10 Å². The second kappa shape index (κ2) is 5.93. The normalized spacial score (nSPS) is 17.4. The van der Waals surface area contributed by atoms with E-state index in [1.807, 2.05) is 24.3 Å². The molecule has 1 N–H and O–H groups in total. The summed E-state index contributed by atoms with van der Waals surface area (Å²) in [7, 11) is 0. The molecule has 0 saturated carbocycles. The third kappa shape index (κ3) is 2.81. The van der Waals surface area contributed by atoms with Crippen molar-refractivity contribution in [2.24, 2.45) is 0 Å². The molecular formula is C16H14BrIO2. The van der Waals surface area contributed by atoms with Crippen molar-refractivity contribution < 1.29 is 9.84 Å². The molecule has 0 radical (unpaired) electrons. The number of fused-ring (bicyclic) bond motifs is 1. The Hall–Kier alpha value is -0.750. The van der Waals surface area contributed by atoms with Gasteiger partial charge >= 0.3 is 0 Å². The largest absolute Gasteiger partial charge is 0.508 e. The molecule has 0 spiro atoms. The highest BCUT2D eigenvalue weighted by atomic mass is 127. The van der Waals surface area contributed by atoms with E-state index in [9.17, 15) is 5.11 Å². The van der Waals surface area contributed by atoms with Gasteiger partial charge in [-0.25, -0.2) is 0 Å². The molecule has 1 atom stereocenters. The molecule has 0 bridgehead atoms. The molecule has 2 nitrogen and oxygen atoms in total. The Morgan fingerprint density at radius 2 is 2.10 bits per heavy atom. The number of aromatic hydroxyl groups is 1. The van der Waals surface area contributed by atoms with Crippen LogP contribution in [0.25, 0.3) is 0 Å². The maximum Gasteiger partial charge on any atom is 0.124 e. The van der Waals surface area contributed by atoms with Crippen molar-refractivity contribution in [3.05, 3.63) is 57.6 Å². The summed E-state index contributed by atoms with van der Waals surface area (Å²) in [6.07, 6.45) is 2.06. The molecule has 0 aromatic heterocycles. The van der Waals surface area contributed by atoms with Gasteiger partial charge in [0, 0.05) is 8.90 Å². The SMILES string of the molecule is Oc1ccc(C2CCc3cc(Br)ccc3O2)c(CI)c1. The van der Waals surface area contributed by atoms with Crippen molar-refractivity contribution in [1.82, 2.24) is 0 Å². The van der Waals surface area contributed by atoms with Crippen molar-refractivity contribution in [2.75, 3.05) is 0 Å². The summed E-state index contributed by atoms with van der Waals surface area (Å²) < 4.78 is 8.11. The smallest absolute Gasteiger partial charge is 0.124 e. The van der Waals surface area contributed by atoms with Gasteiger partial charge in [-0.15, -0.1) is 0 Å². The van der Waals surface area contributed by atoms with E-state index in [4.69, 9.17) is 4.74 Å². The molecule has 1 aliphatic heterocycles. The molecule has 2 aromatic rings. The van der Waals surface area contributed by atoms with E-state index in [0.29, 0.717) is 5.75 Å². The lowest BCUT2D eigenvalue weighted by molar-refractivity contribution is 0.176. The highest BCUT2D eigenvalue weighted by molar-refractivity contribution is 14.1. The quantitative estimate of drug-likeness (QED) is 0.512. The van der Waals surface area contributed by atoms with Crippen molar-refractivity contribution >= 4 is 38.5 Å². The monoisotopic (exact) mass is 444 g/mol. The molecule has 3 rings (SSSR count). The maximum atomic E-state index is 9.61. The van der Waals surface area contributed by atoms with Crippen LogP contribution in [-0.4, -0.2) is 5.11 Å². The fraction of sp³-hybridized carbons (Fsp3) is 0.250. The van der Waals surface area contributed by atoms with Crippen LogP contribution >= 0.6 is 38.5 Å².